The van der Waals surface area contributed by atoms with Gasteiger partial charge in [0.15, 0.2) is 5.58 Å². The summed E-state index contributed by atoms with van der Waals surface area (Å²) in [5.74, 6) is -0.342. The maximum atomic E-state index is 12.3. The number of rotatable bonds is 7. The summed E-state index contributed by atoms with van der Waals surface area (Å²) in [4.78, 5) is 12.3. The Labute approximate surface area is 192 Å². The zero-order valence-electron chi connectivity index (χ0n) is 18.5. The average Bonchev–Trinajstić information content (AvgIpc) is 2.96. The molecule has 0 aliphatic carbocycles. The van der Waals surface area contributed by atoms with E-state index in [0.717, 1.165) is 48.3 Å². The summed E-state index contributed by atoms with van der Waals surface area (Å²) in [6.45, 7) is 4.26. The number of hydrogen-bond donors (Lipinski definition) is 2. The maximum Gasteiger partial charge on any atom is 0.420 e. The highest BCUT2D eigenvalue weighted by Crippen LogP contribution is 2.28. The lowest BCUT2D eigenvalue weighted by Crippen LogP contribution is -2.40. The molecule has 2 aliphatic rings. The first-order valence-electron chi connectivity index (χ1n) is 11.5. The fourth-order valence-corrected chi connectivity index (χ4v) is 4.34. The summed E-state index contributed by atoms with van der Waals surface area (Å²) in [6.07, 6.45) is 1.73. The second-order valence-electron chi connectivity index (χ2n) is 8.65. The molecule has 3 heterocycles. The summed E-state index contributed by atoms with van der Waals surface area (Å²) >= 11 is 0. The summed E-state index contributed by atoms with van der Waals surface area (Å²) in [5, 5.41) is 16.3. The molecule has 33 heavy (non-hydrogen) atoms. The maximum absolute atomic E-state index is 12.3. The predicted molar refractivity (Wildman–Crippen MR) is 124 cm³/mol. The molecule has 2 aliphatic heterocycles. The SMILES string of the molecule is N#C[C@H](Cc1ccc(-c2ccc3oc(=O)n(C4COC4)c3c2)cc1)NCC1CNCCCO1. The van der Waals surface area contributed by atoms with Crippen LogP contribution in [0.2, 0.25) is 0 Å². The molecule has 0 spiro atoms. The Bertz CT molecular complexity index is 1180. The van der Waals surface area contributed by atoms with Gasteiger partial charge in [0.2, 0.25) is 0 Å². The highest BCUT2D eigenvalue weighted by Gasteiger charge is 2.25. The van der Waals surface area contributed by atoms with Gasteiger partial charge in [-0.1, -0.05) is 30.3 Å². The third-order valence-electron chi connectivity index (χ3n) is 6.30. The van der Waals surface area contributed by atoms with Crippen LogP contribution in [0, 0.1) is 11.3 Å². The van der Waals surface area contributed by atoms with E-state index >= 15 is 0 Å². The molecule has 8 heteroatoms. The van der Waals surface area contributed by atoms with Gasteiger partial charge in [0.05, 0.1) is 43.0 Å². The van der Waals surface area contributed by atoms with Crippen LogP contribution in [0.15, 0.2) is 51.7 Å². The number of aromatic nitrogens is 1. The van der Waals surface area contributed by atoms with Gasteiger partial charge in [-0.2, -0.15) is 5.26 Å². The minimum atomic E-state index is -0.342. The molecule has 1 aromatic heterocycles. The molecule has 2 saturated heterocycles. The summed E-state index contributed by atoms with van der Waals surface area (Å²) in [7, 11) is 0. The molecule has 0 bridgehead atoms. The minimum absolute atomic E-state index is 0.0333. The second-order valence-corrected chi connectivity index (χ2v) is 8.65. The predicted octanol–water partition coefficient (Wildman–Crippen LogP) is 2.24. The van der Waals surface area contributed by atoms with E-state index in [1.54, 1.807) is 4.57 Å². The van der Waals surface area contributed by atoms with Gasteiger partial charge in [-0.3, -0.25) is 9.88 Å². The summed E-state index contributed by atoms with van der Waals surface area (Å²) < 4.78 is 18.1. The van der Waals surface area contributed by atoms with Crippen LogP contribution in [-0.4, -0.2) is 56.2 Å². The van der Waals surface area contributed by atoms with E-state index in [1.165, 1.54) is 0 Å². The number of benzene rings is 2. The molecule has 3 aromatic rings. The topological polar surface area (TPSA) is 101 Å². The first kappa shape index (κ1) is 21.9. The van der Waals surface area contributed by atoms with Crippen molar-refractivity contribution in [2.75, 3.05) is 39.5 Å². The third-order valence-corrected chi connectivity index (χ3v) is 6.30. The van der Waals surface area contributed by atoms with Crippen LogP contribution >= 0.6 is 0 Å². The van der Waals surface area contributed by atoms with Gasteiger partial charge in [0, 0.05) is 26.1 Å². The second kappa shape index (κ2) is 9.89. The molecule has 2 fully saturated rings. The monoisotopic (exact) mass is 448 g/mol. The van der Waals surface area contributed by atoms with Gasteiger partial charge in [0.25, 0.3) is 0 Å². The van der Waals surface area contributed by atoms with Crippen LogP contribution in [0.3, 0.4) is 0 Å². The van der Waals surface area contributed by atoms with E-state index in [-0.39, 0.29) is 23.9 Å². The van der Waals surface area contributed by atoms with Crippen molar-refractivity contribution < 1.29 is 13.9 Å². The van der Waals surface area contributed by atoms with Crippen molar-refractivity contribution in [1.29, 1.82) is 5.26 Å². The van der Waals surface area contributed by atoms with Crippen molar-refractivity contribution in [1.82, 2.24) is 15.2 Å². The average molecular weight is 449 g/mol. The number of nitrogens with zero attached hydrogens (tertiary/aromatic N) is 2. The molecule has 2 atom stereocenters. The Morgan fingerprint density at radius 2 is 2.00 bits per heavy atom. The first-order valence-corrected chi connectivity index (χ1v) is 11.5. The minimum Gasteiger partial charge on any atom is -0.408 e. The molecule has 5 rings (SSSR count). The zero-order valence-corrected chi connectivity index (χ0v) is 18.5. The van der Waals surface area contributed by atoms with Crippen LogP contribution in [0.4, 0.5) is 0 Å². The number of fused-ring (bicyclic) bond motifs is 1. The Balaban J connectivity index is 1.26. The Hall–Kier alpha value is -2.96. The van der Waals surface area contributed by atoms with Crippen molar-refractivity contribution in [3.05, 3.63) is 58.6 Å². The molecule has 8 nitrogen and oxygen atoms in total. The van der Waals surface area contributed by atoms with E-state index in [0.29, 0.717) is 31.8 Å². The van der Waals surface area contributed by atoms with Crippen molar-refractivity contribution in [2.24, 2.45) is 0 Å². The molecule has 0 amide bonds. The third kappa shape index (κ3) is 4.87. The Morgan fingerprint density at radius 1 is 1.18 bits per heavy atom. The first-order chi connectivity index (χ1) is 16.2. The summed E-state index contributed by atoms with van der Waals surface area (Å²) in [5.41, 5.74) is 4.52. The van der Waals surface area contributed by atoms with Gasteiger partial charge < -0.3 is 19.2 Å². The standard InChI is InChI=1S/C25H28N4O4/c26-12-20(28-14-22-13-27-8-1-9-32-22)10-17-2-4-18(5-3-17)19-6-7-24-23(11-19)29(25(30)33-24)21-15-31-16-21/h2-7,11,20-22,27-28H,1,8-10,13-16H2/t20-,22?/m0/s1. The van der Waals surface area contributed by atoms with E-state index in [4.69, 9.17) is 13.9 Å². The Morgan fingerprint density at radius 3 is 2.76 bits per heavy atom. The van der Waals surface area contributed by atoms with Crippen LogP contribution < -0.4 is 16.4 Å². The molecular formula is C25H28N4O4. The number of ether oxygens (including phenoxy) is 2. The van der Waals surface area contributed by atoms with E-state index in [1.807, 2.05) is 18.2 Å². The number of nitriles is 1. The van der Waals surface area contributed by atoms with Gasteiger partial charge in [0.1, 0.15) is 0 Å². The van der Waals surface area contributed by atoms with Crippen molar-refractivity contribution in [2.45, 2.75) is 31.0 Å². The molecular weight excluding hydrogens is 420 g/mol. The lowest BCUT2D eigenvalue weighted by molar-refractivity contribution is -0.0242. The van der Waals surface area contributed by atoms with Crippen LogP contribution in [0.1, 0.15) is 18.0 Å². The molecule has 1 unspecified atom stereocenters. The quantitative estimate of drug-likeness (QED) is 0.572. The van der Waals surface area contributed by atoms with Crippen molar-refractivity contribution in [3.63, 3.8) is 0 Å². The van der Waals surface area contributed by atoms with Crippen LogP contribution in [0.5, 0.6) is 0 Å². The lowest BCUT2D eigenvalue weighted by Gasteiger charge is -2.26. The lowest BCUT2D eigenvalue weighted by atomic mass is 10.0. The zero-order chi connectivity index (χ0) is 22.6. The molecule has 2 N–H and O–H groups in total. The fourth-order valence-electron chi connectivity index (χ4n) is 4.34. The highest BCUT2D eigenvalue weighted by molar-refractivity contribution is 5.81. The van der Waals surface area contributed by atoms with Crippen molar-refractivity contribution in [3.8, 4) is 17.2 Å². The van der Waals surface area contributed by atoms with Gasteiger partial charge in [-0.05, 0) is 41.8 Å². The van der Waals surface area contributed by atoms with E-state index < -0.39 is 0 Å². The number of hydrogen-bond acceptors (Lipinski definition) is 7. The molecule has 172 valence electrons. The largest absolute Gasteiger partial charge is 0.420 e. The van der Waals surface area contributed by atoms with Gasteiger partial charge >= 0.3 is 5.76 Å². The van der Waals surface area contributed by atoms with Crippen LogP contribution in [-0.2, 0) is 15.9 Å². The van der Waals surface area contributed by atoms with Gasteiger partial charge in [-0.25, -0.2) is 4.79 Å². The van der Waals surface area contributed by atoms with E-state index in [9.17, 15) is 10.1 Å². The fraction of sp³-hybridized carbons (Fsp3) is 0.440. The highest BCUT2D eigenvalue weighted by atomic mass is 16.5. The van der Waals surface area contributed by atoms with Crippen LogP contribution in [0.25, 0.3) is 22.2 Å². The van der Waals surface area contributed by atoms with Crippen molar-refractivity contribution >= 4 is 11.1 Å². The van der Waals surface area contributed by atoms with E-state index in [2.05, 4.69) is 41.0 Å². The molecule has 0 saturated carbocycles. The Kier molecular flexibility index (Phi) is 6.55. The number of nitrogens with one attached hydrogen (secondary N) is 2. The van der Waals surface area contributed by atoms with Gasteiger partial charge in [-0.15, -0.1) is 0 Å². The molecule has 2 aromatic carbocycles. The molecule has 0 radical (unpaired) electrons. The number of oxazole rings is 1. The summed E-state index contributed by atoms with van der Waals surface area (Å²) in [6, 6.07) is 16.1. The normalized spacial score (nSPS) is 20.2. The smallest absolute Gasteiger partial charge is 0.408 e.